The molecule has 0 atom stereocenters. The number of nitrogens with zero attached hydrogens (tertiary/aromatic N) is 1. The minimum absolute atomic E-state index is 0.0528. The SMILES string of the molecule is COc1ccc(C=C(NC(=O)c2ccccc2)C(=O)N/N=C/c2cccc(C)c2O)c(OC)c1. The van der Waals surface area contributed by atoms with Crippen molar-refractivity contribution in [2.24, 2.45) is 5.10 Å². The fourth-order valence-corrected chi connectivity index (χ4v) is 3.04. The van der Waals surface area contributed by atoms with Crippen LogP contribution >= 0.6 is 0 Å². The second-order valence-corrected chi connectivity index (χ2v) is 7.20. The quantitative estimate of drug-likeness (QED) is 0.271. The number of amides is 2. The maximum atomic E-state index is 12.9. The number of methoxy groups -OCH3 is 2. The van der Waals surface area contributed by atoms with E-state index in [9.17, 15) is 14.7 Å². The maximum Gasteiger partial charge on any atom is 0.287 e. The first-order valence-electron chi connectivity index (χ1n) is 10.3. The van der Waals surface area contributed by atoms with Gasteiger partial charge in [0.2, 0.25) is 0 Å². The standard InChI is InChI=1S/C26H25N3O5/c1-17-8-7-11-20(24(17)30)16-27-29-26(32)22(28-25(31)18-9-5-4-6-10-18)14-19-12-13-21(33-2)15-23(19)34-3/h4-16,30H,1-3H3,(H,28,31)(H,29,32)/b22-14?,27-16+. The van der Waals surface area contributed by atoms with Gasteiger partial charge in [0.25, 0.3) is 11.8 Å². The van der Waals surface area contributed by atoms with E-state index in [1.165, 1.54) is 26.5 Å². The molecular weight excluding hydrogens is 434 g/mol. The molecule has 3 aromatic carbocycles. The van der Waals surface area contributed by atoms with Crippen LogP contribution in [0.25, 0.3) is 6.08 Å². The van der Waals surface area contributed by atoms with E-state index >= 15 is 0 Å². The average Bonchev–Trinajstić information content (AvgIpc) is 2.86. The Morgan fingerprint density at radius 1 is 0.941 bits per heavy atom. The van der Waals surface area contributed by atoms with Crippen molar-refractivity contribution in [3.8, 4) is 17.2 Å². The van der Waals surface area contributed by atoms with Gasteiger partial charge in [-0.2, -0.15) is 5.10 Å². The van der Waals surface area contributed by atoms with Crippen LogP contribution in [0.4, 0.5) is 0 Å². The monoisotopic (exact) mass is 459 g/mol. The highest BCUT2D eigenvalue weighted by atomic mass is 16.5. The van der Waals surface area contributed by atoms with Gasteiger partial charge < -0.3 is 19.9 Å². The van der Waals surface area contributed by atoms with Gasteiger partial charge in [-0.3, -0.25) is 9.59 Å². The number of carbonyl (C=O) groups is 2. The van der Waals surface area contributed by atoms with E-state index in [1.54, 1.807) is 73.7 Å². The molecule has 0 unspecified atom stereocenters. The number of para-hydroxylation sites is 1. The Bertz CT molecular complexity index is 1240. The first-order chi connectivity index (χ1) is 16.4. The molecule has 0 saturated carbocycles. The highest BCUT2D eigenvalue weighted by molar-refractivity contribution is 6.05. The molecule has 2 amide bonds. The van der Waals surface area contributed by atoms with Crippen molar-refractivity contribution >= 4 is 24.1 Å². The summed E-state index contributed by atoms with van der Waals surface area (Å²) < 4.78 is 10.6. The van der Waals surface area contributed by atoms with Gasteiger partial charge >= 0.3 is 0 Å². The number of nitrogens with one attached hydrogen (secondary N) is 2. The van der Waals surface area contributed by atoms with Gasteiger partial charge in [-0.05, 0) is 48.9 Å². The van der Waals surface area contributed by atoms with Crippen molar-refractivity contribution in [1.29, 1.82) is 0 Å². The summed E-state index contributed by atoms with van der Waals surface area (Å²) in [6.45, 7) is 1.76. The molecule has 3 N–H and O–H groups in total. The fraction of sp³-hybridized carbons (Fsp3) is 0.115. The summed E-state index contributed by atoms with van der Waals surface area (Å²) in [5.41, 5.74) is 4.38. The Kier molecular flexibility index (Phi) is 8.02. The molecule has 0 aromatic heterocycles. The van der Waals surface area contributed by atoms with E-state index in [0.29, 0.717) is 33.8 Å². The second-order valence-electron chi connectivity index (χ2n) is 7.20. The maximum absolute atomic E-state index is 12.9. The van der Waals surface area contributed by atoms with Crippen molar-refractivity contribution in [1.82, 2.24) is 10.7 Å². The van der Waals surface area contributed by atoms with Gasteiger partial charge in [0, 0.05) is 22.8 Å². The molecule has 8 heteroatoms. The Hall–Kier alpha value is -4.59. The van der Waals surface area contributed by atoms with Gasteiger partial charge in [-0.15, -0.1) is 0 Å². The zero-order valence-corrected chi connectivity index (χ0v) is 19.0. The molecule has 0 aliphatic carbocycles. The predicted molar refractivity (Wildman–Crippen MR) is 130 cm³/mol. The number of aromatic hydroxyl groups is 1. The summed E-state index contributed by atoms with van der Waals surface area (Å²) in [6.07, 6.45) is 2.80. The third-order valence-corrected chi connectivity index (χ3v) is 4.91. The van der Waals surface area contributed by atoms with Crippen molar-refractivity contribution in [3.05, 3.63) is 94.7 Å². The van der Waals surface area contributed by atoms with Gasteiger partial charge in [0.15, 0.2) is 0 Å². The second kappa shape index (κ2) is 11.3. The molecule has 34 heavy (non-hydrogen) atoms. The summed E-state index contributed by atoms with van der Waals surface area (Å²) in [4.78, 5) is 25.7. The smallest absolute Gasteiger partial charge is 0.287 e. The highest BCUT2D eigenvalue weighted by Crippen LogP contribution is 2.26. The summed E-state index contributed by atoms with van der Waals surface area (Å²) in [5.74, 6) is -0.0281. The van der Waals surface area contributed by atoms with Crippen molar-refractivity contribution in [2.75, 3.05) is 14.2 Å². The van der Waals surface area contributed by atoms with Gasteiger partial charge in [-0.1, -0.05) is 30.3 Å². The summed E-state index contributed by atoms with van der Waals surface area (Å²) >= 11 is 0. The van der Waals surface area contributed by atoms with Crippen LogP contribution in [0.3, 0.4) is 0 Å². The molecular formula is C26H25N3O5. The van der Waals surface area contributed by atoms with E-state index in [4.69, 9.17) is 9.47 Å². The number of hydrazone groups is 1. The molecule has 0 bridgehead atoms. The van der Waals surface area contributed by atoms with E-state index in [1.807, 2.05) is 0 Å². The van der Waals surface area contributed by atoms with Crippen LogP contribution < -0.4 is 20.2 Å². The van der Waals surface area contributed by atoms with Crippen molar-refractivity contribution in [2.45, 2.75) is 6.92 Å². The lowest BCUT2D eigenvalue weighted by Crippen LogP contribution is -2.32. The van der Waals surface area contributed by atoms with E-state index in [2.05, 4.69) is 15.8 Å². The fourth-order valence-electron chi connectivity index (χ4n) is 3.04. The first-order valence-corrected chi connectivity index (χ1v) is 10.3. The number of benzene rings is 3. The van der Waals surface area contributed by atoms with Crippen molar-refractivity contribution in [3.63, 3.8) is 0 Å². The molecule has 0 spiro atoms. The Balaban J connectivity index is 1.90. The van der Waals surface area contributed by atoms with Crippen LogP contribution in [0.1, 0.15) is 27.0 Å². The Morgan fingerprint density at radius 2 is 1.71 bits per heavy atom. The molecule has 0 fully saturated rings. The first kappa shape index (κ1) is 24.1. The normalized spacial score (nSPS) is 11.2. The number of carbonyl (C=O) groups excluding carboxylic acids is 2. The van der Waals surface area contributed by atoms with E-state index in [-0.39, 0.29) is 11.4 Å². The van der Waals surface area contributed by atoms with Gasteiger partial charge in [-0.25, -0.2) is 5.43 Å². The van der Waals surface area contributed by atoms with E-state index < -0.39 is 11.8 Å². The van der Waals surface area contributed by atoms with Crippen LogP contribution in [-0.4, -0.2) is 37.4 Å². The Labute approximate surface area is 197 Å². The molecule has 174 valence electrons. The number of phenols is 1. The zero-order valence-electron chi connectivity index (χ0n) is 19.0. The van der Waals surface area contributed by atoms with Crippen LogP contribution in [0.5, 0.6) is 17.2 Å². The highest BCUT2D eigenvalue weighted by Gasteiger charge is 2.16. The molecule has 3 aromatic rings. The van der Waals surface area contributed by atoms with Gasteiger partial charge in [0.1, 0.15) is 22.9 Å². The van der Waals surface area contributed by atoms with Crippen LogP contribution in [0.2, 0.25) is 0 Å². The summed E-state index contributed by atoms with van der Waals surface area (Å²) in [6, 6.07) is 18.8. The molecule has 8 nitrogen and oxygen atoms in total. The molecule has 0 saturated heterocycles. The van der Waals surface area contributed by atoms with Crippen LogP contribution in [0.15, 0.2) is 77.5 Å². The number of hydrogen-bond acceptors (Lipinski definition) is 6. The molecule has 0 aliphatic heterocycles. The molecule has 0 radical (unpaired) electrons. The number of phenolic OH excluding ortho intramolecular Hbond substituents is 1. The van der Waals surface area contributed by atoms with E-state index in [0.717, 1.165) is 0 Å². The number of hydrogen-bond donors (Lipinski definition) is 3. The average molecular weight is 460 g/mol. The largest absolute Gasteiger partial charge is 0.507 e. The topological polar surface area (TPSA) is 109 Å². The van der Waals surface area contributed by atoms with Gasteiger partial charge in [0.05, 0.1) is 20.4 Å². The molecule has 0 aliphatic rings. The Morgan fingerprint density at radius 3 is 2.41 bits per heavy atom. The number of aryl methyl sites for hydroxylation is 1. The number of ether oxygens (including phenoxy) is 2. The van der Waals surface area contributed by atoms with Crippen LogP contribution in [-0.2, 0) is 4.79 Å². The third kappa shape index (κ3) is 6.01. The lowest BCUT2D eigenvalue weighted by molar-refractivity contribution is -0.117. The van der Waals surface area contributed by atoms with Crippen molar-refractivity contribution < 1.29 is 24.2 Å². The lowest BCUT2D eigenvalue weighted by atomic mass is 10.1. The molecule has 3 rings (SSSR count). The molecule has 0 heterocycles. The van der Waals surface area contributed by atoms with Crippen LogP contribution in [0, 0.1) is 6.92 Å². The zero-order chi connectivity index (χ0) is 24.5. The number of rotatable bonds is 8. The summed E-state index contributed by atoms with van der Waals surface area (Å²) in [7, 11) is 3.03. The lowest BCUT2D eigenvalue weighted by Gasteiger charge is -2.11. The predicted octanol–water partition coefficient (Wildman–Crippen LogP) is 3.64. The summed E-state index contributed by atoms with van der Waals surface area (Å²) in [5, 5.41) is 16.7. The third-order valence-electron chi connectivity index (χ3n) is 4.91. The minimum atomic E-state index is -0.662. The minimum Gasteiger partial charge on any atom is -0.507 e.